The second kappa shape index (κ2) is 8.05. The number of allylic oxidation sites excluding steroid dienone is 1. The average molecular weight is 280 g/mol. The Hall–Kier alpha value is -1.35. The topological polar surface area (TPSA) is 18.5 Å². The van der Waals surface area contributed by atoms with Crippen LogP contribution in [0.25, 0.3) is 0 Å². The van der Waals surface area contributed by atoms with E-state index in [1.165, 1.54) is 17.7 Å². The predicted molar refractivity (Wildman–Crippen MR) is 80.6 cm³/mol. The predicted octanol–water partition coefficient (Wildman–Crippen LogP) is 4.75. The van der Waals surface area contributed by atoms with Crippen LogP contribution >= 0.6 is 0 Å². The van der Waals surface area contributed by atoms with Gasteiger partial charge in [-0.1, -0.05) is 5.57 Å². The van der Waals surface area contributed by atoms with Crippen LogP contribution in [-0.2, 0) is 4.74 Å². The van der Waals surface area contributed by atoms with Gasteiger partial charge in [-0.2, -0.15) is 0 Å². The van der Waals surface area contributed by atoms with E-state index in [1.54, 1.807) is 19.2 Å². The molecule has 112 valence electrons. The molecule has 0 spiro atoms. The zero-order valence-corrected chi connectivity index (χ0v) is 12.9. The molecule has 0 amide bonds. The van der Waals surface area contributed by atoms with Crippen molar-refractivity contribution in [2.75, 3.05) is 13.7 Å². The SMILES string of the molecule is COC(C)(C)CCC/C(C)=C/COc1ccc(F)cc1. The summed E-state index contributed by atoms with van der Waals surface area (Å²) in [5.74, 6) is 0.445. The Morgan fingerprint density at radius 1 is 1.25 bits per heavy atom. The van der Waals surface area contributed by atoms with Gasteiger partial charge in [-0.3, -0.25) is 0 Å². The summed E-state index contributed by atoms with van der Waals surface area (Å²) in [7, 11) is 1.75. The van der Waals surface area contributed by atoms with Gasteiger partial charge in [0.1, 0.15) is 18.2 Å². The van der Waals surface area contributed by atoms with Gasteiger partial charge in [0, 0.05) is 7.11 Å². The highest BCUT2D eigenvalue weighted by Crippen LogP contribution is 2.18. The lowest BCUT2D eigenvalue weighted by Gasteiger charge is -2.22. The molecule has 0 bridgehead atoms. The maximum absolute atomic E-state index is 12.7. The molecule has 0 heterocycles. The fourth-order valence-electron chi connectivity index (χ4n) is 1.81. The van der Waals surface area contributed by atoms with Gasteiger partial charge in [0.15, 0.2) is 0 Å². The Labute approximate surface area is 121 Å². The zero-order valence-electron chi connectivity index (χ0n) is 12.9. The van der Waals surface area contributed by atoms with Gasteiger partial charge in [0.25, 0.3) is 0 Å². The molecule has 3 heteroatoms. The number of hydrogen-bond donors (Lipinski definition) is 0. The molecule has 1 aromatic rings. The summed E-state index contributed by atoms with van der Waals surface area (Å²) in [6.45, 7) is 6.83. The molecule has 0 atom stereocenters. The molecule has 0 radical (unpaired) electrons. The van der Waals surface area contributed by atoms with Gasteiger partial charge >= 0.3 is 0 Å². The van der Waals surface area contributed by atoms with E-state index >= 15 is 0 Å². The molecule has 0 unspecified atom stereocenters. The number of benzene rings is 1. The van der Waals surface area contributed by atoms with Crippen LogP contribution in [0.15, 0.2) is 35.9 Å². The van der Waals surface area contributed by atoms with Gasteiger partial charge in [0.2, 0.25) is 0 Å². The number of rotatable bonds is 8. The molecular formula is C17H25FO2. The fraction of sp³-hybridized carbons (Fsp3) is 0.529. The van der Waals surface area contributed by atoms with E-state index in [0.29, 0.717) is 12.4 Å². The van der Waals surface area contributed by atoms with Crippen molar-refractivity contribution in [2.24, 2.45) is 0 Å². The largest absolute Gasteiger partial charge is 0.490 e. The van der Waals surface area contributed by atoms with Crippen LogP contribution in [0.3, 0.4) is 0 Å². The van der Waals surface area contributed by atoms with Crippen LogP contribution < -0.4 is 4.74 Å². The first kappa shape index (κ1) is 16.7. The number of halogens is 1. The highest BCUT2D eigenvalue weighted by atomic mass is 19.1. The van der Waals surface area contributed by atoms with Gasteiger partial charge in [-0.15, -0.1) is 0 Å². The average Bonchev–Trinajstić information content (AvgIpc) is 2.41. The van der Waals surface area contributed by atoms with Crippen LogP contribution in [0.1, 0.15) is 40.0 Å². The monoisotopic (exact) mass is 280 g/mol. The molecule has 1 rings (SSSR count). The van der Waals surface area contributed by atoms with Gasteiger partial charge in [-0.05, 0) is 70.4 Å². The summed E-state index contributed by atoms with van der Waals surface area (Å²) in [5, 5.41) is 0. The first-order valence-electron chi connectivity index (χ1n) is 7.02. The Balaban J connectivity index is 2.26. The summed E-state index contributed by atoms with van der Waals surface area (Å²) in [4.78, 5) is 0. The summed E-state index contributed by atoms with van der Waals surface area (Å²) < 4.78 is 23.6. The lowest BCUT2D eigenvalue weighted by molar-refractivity contribution is 0.0140. The summed E-state index contributed by atoms with van der Waals surface area (Å²) in [6, 6.07) is 6.08. The van der Waals surface area contributed by atoms with Gasteiger partial charge < -0.3 is 9.47 Å². The van der Waals surface area contributed by atoms with Crippen molar-refractivity contribution < 1.29 is 13.9 Å². The molecule has 2 nitrogen and oxygen atoms in total. The fourth-order valence-corrected chi connectivity index (χ4v) is 1.81. The third-order valence-corrected chi connectivity index (χ3v) is 3.40. The third kappa shape index (κ3) is 6.71. The van der Waals surface area contributed by atoms with Crippen molar-refractivity contribution in [1.29, 1.82) is 0 Å². The first-order chi connectivity index (χ1) is 9.43. The zero-order chi connectivity index (χ0) is 15.0. The minimum Gasteiger partial charge on any atom is -0.490 e. The normalized spacial score (nSPS) is 12.6. The second-order valence-corrected chi connectivity index (χ2v) is 5.63. The minimum absolute atomic E-state index is 0.0507. The van der Waals surface area contributed by atoms with Crippen LogP contribution in [-0.4, -0.2) is 19.3 Å². The lowest BCUT2D eigenvalue weighted by atomic mass is 9.99. The molecule has 0 saturated heterocycles. The van der Waals surface area contributed by atoms with Crippen molar-refractivity contribution >= 4 is 0 Å². The van der Waals surface area contributed by atoms with Gasteiger partial charge in [-0.25, -0.2) is 4.39 Å². The highest BCUT2D eigenvalue weighted by Gasteiger charge is 2.14. The second-order valence-electron chi connectivity index (χ2n) is 5.63. The van der Waals surface area contributed by atoms with E-state index < -0.39 is 0 Å². The highest BCUT2D eigenvalue weighted by molar-refractivity contribution is 5.22. The van der Waals surface area contributed by atoms with Crippen molar-refractivity contribution in [3.63, 3.8) is 0 Å². The van der Waals surface area contributed by atoms with Crippen molar-refractivity contribution in [1.82, 2.24) is 0 Å². The van der Waals surface area contributed by atoms with E-state index in [4.69, 9.17) is 9.47 Å². The van der Waals surface area contributed by atoms with Crippen LogP contribution in [0.2, 0.25) is 0 Å². The Morgan fingerprint density at radius 2 is 1.90 bits per heavy atom. The molecule has 0 N–H and O–H groups in total. The minimum atomic E-state index is -0.246. The molecule has 0 saturated carbocycles. The van der Waals surface area contributed by atoms with Crippen LogP contribution in [0.5, 0.6) is 5.75 Å². The van der Waals surface area contributed by atoms with Crippen molar-refractivity contribution in [3.05, 3.63) is 41.7 Å². The molecule has 0 aliphatic rings. The molecular weight excluding hydrogens is 255 g/mol. The van der Waals surface area contributed by atoms with Crippen LogP contribution in [0, 0.1) is 5.82 Å². The van der Waals surface area contributed by atoms with Crippen LogP contribution in [0.4, 0.5) is 4.39 Å². The molecule has 0 fully saturated rings. The third-order valence-electron chi connectivity index (χ3n) is 3.40. The number of methoxy groups -OCH3 is 1. The Bertz CT molecular complexity index is 421. The smallest absolute Gasteiger partial charge is 0.123 e. The summed E-state index contributed by atoms with van der Waals surface area (Å²) in [5.41, 5.74) is 1.25. The van der Waals surface area contributed by atoms with Crippen molar-refractivity contribution in [2.45, 2.75) is 45.6 Å². The van der Waals surface area contributed by atoms with E-state index in [-0.39, 0.29) is 11.4 Å². The van der Waals surface area contributed by atoms with Gasteiger partial charge in [0.05, 0.1) is 5.60 Å². The summed E-state index contributed by atoms with van der Waals surface area (Å²) >= 11 is 0. The van der Waals surface area contributed by atoms with E-state index in [1.807, 2.05) is 0 Å². The molecule has 20 heavy (non-hydrogen) atoms. The van der Waals surface area contributed by atoms with E-state index in [9.17, 15) is 4.39 Å². The number of ether oxygens (including phenoxy) is 2. The standard InChI is InChI=1S/C17H25FO2/c1-14(6-5-12-17(2,3)19-4)11-13-20-16-9-7-15(18)8-10-16/h7-11H,5-6,12-13H2,1-4H3/b14-11+. The quantitative estimate of drug-likeness (QED) is 0.640. The Morgan fingerprint density at radius 3 is 2.50 bits per heavy atom. The Kier molecular flexibility index (Phi) is 6.73. The first-order valence-corrected chi connectivity index (χ1v) is 7.02. The molecule has 0 aromatic heterocycles. The van der Waals surface area contributed by atoms with Crippen molar-refractivity contribution in [3.8, 4) is 5.75 Å². The maximum Gasteiger partial charge on any atom is 0.123 e. The molecule has 0 aliphatic carbocycles. The molecule has 1 aromatic carbocycles. The molecule has 0 aliphatic heterocycles. The summed E-state index contributed by atoms with van der Waals surface area (Å²) in [6.07, 6.45) is 5.25. The maximum atomic E-state index is 12.7. The lowest BCUT2D eigenvalue weighted by Crippen LogP contribution is -2.21. The van der Waals surface area contributed by atoms with E-state index in [2.05, 4.69) is 26.8 Å². The van der Waals surface area contributed by atoms with E-state index in [0.717, 1.165) is 19.3 Å². The number of hydrogen-bond acceptors (Lipinski definition) is 2.